The van der Waals surface area contributed by atoms with Gasteiger partial charge in [0.2, 0.25) is 0 Å². The Labute approximate surface area is 158 Å². The molecule has 0 saturated carbocycles. The van der Waals surface area contributed by atoms with Gasteiger partial charge in [0, 0.05) is 5.56 Å². The number of para-hydroxylation sites is 1. The number of hydrogen-bond donors (Lipinski definition) is 1. The van der Waals surface area contributed by atoms with Crippen molar-refractivity contribution < 1.29 is 14.3 Å². The van der Waals surface area contributed by atoms with Gasteiger partial charge in [-0.1, -0.05) is 42.5 Å². The van der Waals surface area contributed by atoms with E-state index in [1.54, 1.807) is 6.21 Å². The fraction of sp³-hybridized carbons (Fsp3) is 0.182. The van der Waals surface area contributed by atoms with Crippen molar-refractivity contribution in [3.63, 3.8) is 0 Å². The van der Waals surface area contributed by atoms with Crippen LogP contribution in [0.2, 0.25) is 0 Å². The number of benzene rings is 3. The van der Waals surface area contributed by atoms with Crippen LogP contribution in [-0.4, -0.2) is 24.8 Å². The van der Waals surface area contributed by atoms with Crippen LogP contribution >= 0.6 is 0 Å². The summed E-state index contributed by atoms with van der Waals surface area (Å²) in [5.74, 6) is 1.03. The van der Waals surface area contributed by atoms with Gasteiger partial charge in [-0.15, -0.1) is 0 Å². The molecule has 138 valence electrons. The van der Waals surface area contributed by atoms with Crippen molar-refractivity contribution in [2.45, 2.75) is 20.0 Å². The lowest BCUT2D eigenvalue weighted by Crippen LogP contribution is -2.24. The van der Waals surface area contributed by atoms with E-state index in [1.807, 2.05) is 80.6 Å². The number of ether oxygens (including phenoxy) is 2. The van der Waals surface area contributed by atoms with Crippen molar-refractivity contribution in [2.75, 3.05) is 6.61 Å². The third-order valence-electron chi connectivity index (χ3n) is 3.77. The lowest BCUT2D eigenvalue weighted by atomic mass is 10.1. The SMILES string of the molecule is CC(C)Oc1ccccc1/C=N/NC(=O)COc1ccc2ccccc2c1. The van der Waals surface area contributed by atoms with E-state index in [-0.39, 0.29) is 18.6 Å². The van der Waals surface area contributed by atoms with E-state index >= 15 is 0 Å². The van der Waals surface area contributed by atoms with Gasteiger partial charge in [-0.25, -0.2) is 5.43 Å². The molecular weight excluding hydrogens is 340 g/mol. The maximum atomic E-state index is 12.0. The minimum absolute atomic E-state index is 0.0597. The Kier molecular flexibility index (Phi) is 6.05. The van der Waals surface area contributed by atoms with Crippen LogP contribution in [0.5, 0.6) is 11.5 Å². The molecule has 5 heteroatoms. The lowest BCUT2D eigenvalue weighted by Gasteiger charge is -2.11. The van der Waals surface area contributed by atoms with E-state index in [0.29, 0.717) is 5.75 Å². The van der Waals surface area contributed by atoms with Gasteiger partial charge in [-0.3, -0.25) is 4.79 Å². The molecular formula is C22H22N2O3. The number of amides is 1. The van der Waals surface area contributed by atoms with Crippen molar-refractivity contribution in [1.82, 2.24) is 5.43 Å². The topological polar surface area (TPSA) is 59.9 Å². The zero-order valence-electron chi connectivity index (χ0n) is 15.4. The lowest BCUT2D eigenvalue weighted by molar-refractivity contribution is -0.123. The van der Waals surface area contributed by atoms with Crippen LogP contribution in [0.15, 0.2) is 71.8 Å². The normalized spacial score (nSPS) is 11.1. The summed E-state index contributed by atoms with van der Waals surface area (Å²) >= 11 is 0. The minimum atomic E-state index is -0.332. The summed E-state index contributed by atoms with van der Waals surface area (Å²) in [6.07, 6.45) is 1.62. The standard InChI is InChI=1S/C22H22N2O3/c1-16(2)27-21-10-6-5-9-19(21)14-23-24-22(25)15-26-20-12-11-17-7-3-4-8-18(17)13-20/h3-14,16H,15H2,1-2H3,(H,24,25)/b23-14+. The summed E-state index contributed by atoms with van der Waals surface area (Å²) in [5.41, 5.74) is 3.26. The molecule has 0 aromatic heterocycles. The van der Waals surface area contributed by atoms with Crippen molar-refractivity contribution in [1.29, 1.82) is 0 Å². The van der Waals surface area contributed by atoms with E-state index in [0.717, 1.165) is 22.1 Å². The van der Waals surface area contributed by atoms with Crippen LogP contribution in [0, 0.1) is 0 Å². The predicted molar refractivity (Wildman–Crippen MR) is 107 cm³/mol. The molecule has 27 heavy (non-hydrogen) atoms. The van der Waals surface area contributed by atoms with Gasteiger partial charge in [0.05, 0.1) is 12.3 Å². The van der Waals surface area contributed by atoms with Gasteiger partial charge in [-0.2, -0.15) is 5.10 Å². The van der Waals surface area contributed by atoms with E-state index in [9.17, 15) is 4.79 Å². The highest BCUT2D eigenvalue weighted by Crippen LogP contribution is 2.20. The van der Waals surface area contributed by atoms with E-state index in [1.165, 1.54) is 0 Å². The van der Waals surface area contributed by atoms with E-state index in [4.69, 9.17) is 9.47 Å². The summed E-state index contributed by atoms with van der Waals surface area (Å²) < 4.78 is 11.3. The van der Waals surface area contributed by atoms with Crippen molar-refractivity contribution in [2.24, 2.45) is 5.10 Å². The first kappa shape index (κ1) is 18.5. The van der Waals surface area contributed by atoms with Crippen LogP contribution in [0.25, 0.3) is 10.8 Å². The molecule has 0 unspecified atom stereocenters. The monoisotopic (exact) mass is 362 g/mol. The molecule has 0 aliphatic heterocycles. The number of rotatable bonds is 7. The Balaban J connectivity index is 1.54. The van der Waals surface area contributed by atoms with Gasteiger partial charge in [0.15, 0.2) is 6.61 Å². The molecule has 5 nitrogen and oxygen atoms in total. The summed E-state index contributed by atoms with van der Waals surface area (Å²) in [7, 11) is 0. The van der Waals surface area contributed by atoms with Gasteiger partial charge < -0.3 is 9.47 Å². The maximum absolute atomic E-state index is 12.0. The fourth-order valence-corrected chi connectivity index (χ4v) is 2.56. The summed E-state index contributed by atoms with van der Waals surface area (Å²) in [6, 6.07) is 21.2. The summed E-state index contributed by atoms with van der Waals surface area (Å²) in [6.45, 7) is 3.81. The molecule has 0 spiro atoms. The molecule has 3 aromatic carbocycles. The molecule has 0 bridgehead atoms. The quantitative estimate of drug-likeness (QED) is 0.507. The average Bonchev–Trinajstić information content (AvgIpc) is 2.67. The number of nitrogens with zero attached hydrogens (tertiary/aromatic N) is 1. The Bertz CT molecular complexity index is 951. The van der Waals surface area contributed by atoms with E-state index in [2.05, 4.69) is 10.5 Å². The van der Waals surface area contributed by atoms with Crippen LogP contribution < -0.4 is 14.9 Å². The number of hydrazone groups is 1. The van der Waals surface area contributed by atoms with Crippen LogP contribution in [0.4, 0.5) is 0 Å². The fourth-order valence-electron chi connectivity index (χ4n) is 2.56. The highest BCUT2D eigenvalue weighted by Gasteiger charge is 2.04. The smallest absolute Gasteiger partial charge is 0.277 e. The first-order valence-corrected chi connectivity index (χ1v) is 8.81. The molecule has 0 saturated heterocycles. The second-order valence-electron chi connectivity index (χ2n) is 6.30. The highest BCUT2D eigenvalue weighted by molar-refractivity contribution is 5.86. The third kappa shape index (κ3) is 5.31. The highest BCUT2D eigenvalue weighted by atomic mass is 16.5. The van der Waals surface area contributed by atoms with Crippen LogP contribution in [0.1, 0.15) is 19.4 Å². The summed E-state index contributed by atoms with van der Waals surface area (Å²) in [4.78, 5) is 12.0. The van der Waals surface area contributed by atoms with Gasteiger partial charge in [0.1, 0.15) is 11.5 Å². The molecule has 0 aliphatic carbocycles. The Morgan fingerprint density at radius 2 is 1.78 bits per heavy atom. The number of carbonyl (C=O) groups is 1. The Hall–Kier alpha value is -3.34. The van der Waals surface area contributed by atoms with Gasteiger partial charge in [-0.05, 0) is 48.9 Å². The number of carbonyl (C=O) groups excluding carboxylic acids is 1. The first-order chi connectivity index (χ1) is 13.1. The molecule has 0 fully saturated rings. The zero-order valence-corrected chi connectivity index (χ0v) is 15.4. The molecule has 1 amide bonds. The minimum Gasteiger partial charge on any atom is -0.490 e. The van der Waals surface area contributed by atoms with Crippen molar-refractivity contribution in [3.8, 4) is 11.5 Å². The predicted octanol–water partition coefficient (Wildman–Crippen LogP) is 4.16. The molecule has 0 radical (unpaired) electrons. The largest absolute Gasteiger partial charge is 0.490 e. The molecule has 0 heterocycles. The second kappa shape index (κ2) is 8.85. The van der Waals surface area contributed by atoms with Gasteiger partial charge >= 0.3 is 0 Å². The third-order valence-corrected chi connectivity index (χ3v) is 3.77. The molecule has 0 atom stereocenters. The molecule has 0 aliphatic rings. The van der Waals surface area contributed by atoms with Gasteiger partial charge in [0.25, 0.3) is 5.91 Å². The van der Waals surface area contributed by atoms with Crippen molar-refractivity contribution >= 4 is 22.9 Å². The number of hydrogen-bond acceptors (Lipinski definition) is 4. The first-order valence-electron chi connectivity index (χ1n) is 8.81. The van der Waals surface area contributed by atoms with Crippen molar-refractivity contribution in [3.05, 3.63) is 72.3 Å². The average molecular weight is 362 g/mol. The maximum Gasteiger partial charge on any atom is 0.277 e. The second-order valence-corrected chi connectivity index (χ2v) is 6.30. The van der Waals surface area contributed by atoms with Crippen LogP contribution in [0.3, 0.4) is 0 Å². The van der Waals surface area contributed by atoms with Crippen LogP contribution in [-0.2, 0) is 4.79 Å². The van der Waals surface area contributed by atoms with E-state index < -0.39 is 0 Å². The molecule has 3 rings (SSSR count). The Morgan fingerprint density at radius 3 is 2.59 bits per heavy atom. The Morgan fingerprint density at radius 1 is 1.04 bits per heavy atom. The summed E-state index contributed by atoms with van der Waals surface area (Å²) in [5, 5.41) is 6.18. The molecule has 3 aromatic rings. The number of nitrogens with one attached hydrogen (secondary N) is 1. The molecule has 1 N–H and O–H groups in total. The zero-order chi connectivity index (χ0) is 19.1. The number of fused-ring (bicyclic) bond motifs is 1.